The molecule has 1 aliphatic heterocycles. The van der Waals surface area contributed by atoms with Crippen LogP contribution in [0.3, 0.4) is 0 Å². The fourth-order valence-electron chi connectivity index (χ4n) is 3.86. The lowest BCUT2D eigenvalue weighted by Crippen LogP contribution is -2.47. The van der Waals surface area contributed by atoms with Crippen molar-refractivity contribution in [3.63, 3.8) is 0 Å². The minimum Gasteiger partial charge on any atom is -0.394 e. The van der Waals surface area contributed by atoms with Crippen molar-refractivity contribution in [2.45, 2.75) is 37.6 Å². The topological polar surface area (TPSA) is 99.8 Å². The number of aliphatic hydroxyl groups is 1. The second kappa shape index (κ2) is 10.4. The van der Waals surface area contributed by atoms with Gasteiger partial charge in [-0.3, -0.25) is 14.2 Å². The molecule has 2 heterocycles. The Morgan fingerprint density at radius 1 is 1.11 bits per heavy atom. The van der Waals surface area contributed by atoms with E-state index in [1.807, 2.05) is 0 Å². The van der Waals surface area contributed by atoms with Crippen LogP contribution in [0, 0.1) is 0 Å². The van der Waals surface area contributed by atoms with E-state index in [0.717, 1.165) is 5.56 Å². The van der Waals surface area contributed by atoms with Crippen molar-refractivity contribution >= 4 is 17.5 Å². The Balaban J connectivity index is 1.69. The van der Waals surface area contributed by atoms with Gasteiger partial charge in [0, 0.05) is 23.2 Å². The van der Waals surface area contributed by atoms with Crippen molar-refractivity contribution in [1.29, 1.82) is 0 Å². The lowest BCUT2D eigenvalue weighted by Gasteiger charge is -2.18. The highest BCUT2D eigenvalue weighted by atomic mass is 35.5. The molecule has 4 rings (SSSR count). The van der Waals surface area contributed by atoms with E-state index in [9.17, 15) is 32.7 Å². The first-order valence-electron chi connectivity index (χ1n) is 10.8. The Morgan fingerprint density at radius 2 is 1.78 bits per heavy atom. The van der Waals surface area contributed by atoms with Crippen LogP contribution in [0.15, 0.2) is 70.4 Å². The number of carbonyl (C=O) groups excluding carboxylic acids is 1. The molecule has 1 aliphatic rings. The average Bonchev–Trinajstić information content (AvgIpc) is 3.26. The van der Waals surface area contributed by atoms with Gasteiger partial charge in [-0.1, -0.05) is 41.9 Å². The molecule has 190 valence electrons. The van der Waals surface area contributed by atoms with Crippen LogP contribution in [-0.2, 0) is 22.3 Å². The van der Waals surface area contributed by atoms with Gasteiger partial charge in [0.15, 0.2) is 0 Å². The number of alkyl halides is 3. The first kappa shape index (κ1) is 25.8. The van der Waals surface area contributed by atoms with Crippen LogP contribution in [0.5, 0.6) is 0 Å². The Kier molecular flexibility index (Phi) is 7.46. The van der Waals surface area contributed by atoms with Gasteiger partial charge in [-0.2, -0.15) is 17.7 Å². The van der Waals surface area contributed by atoms with Crippen LogP contribution in [0.2, 0.25) is 5.02 Å². The molecule has 1 aromatic heterocycles. The molecule has 2 aromatic carbocycles. The van der Waals surface area contributed by atoms with Gasteiger partial charge in [0.05, 0.1) is 19.3 Å². The zero-order valence-corrected chi connectivity index (χ0v) is 19.3. The molecule has 1 saturated heterocycles. The Morgan fingerprint density at radius 3 is 2.39 bits per heavy atom. The fraction of sp³-hybridized carbons (Fsp3) is 0.292. The Bertz CT molecular complexity index is 1360. The number of hydrogen-bond donors (Lipinski definition) is 1. The number of carbonyl (C=O) groups is 1. The van der Waals surface area contributed by atoms with Crippen LogP contribution >= 0.6 is 11.6 Å². The minimum atomic E-state index is -5.15. The molecule has 0 radical (unpaired) electrons. The molecule has 1 N–H and O–H groups in total. The number of hydrogen-bond acceptors (Lipinski definition) is 6. The summed E-state index contributed by atoms with van der Waals surface area (Å²) < 4.78 is 53.0. The van der Waals surface area contributed by atoms with Gasteiger partial charge >= 0.3 is 11.9 Å². The molecule has 0 aliphatic carbocycles. The average molecular weight is 525 g/mol. The zero-order valence-electron chi connectivity index (χ0n) is 18.5. The second-order valence-corrected chi connectivity index (χ2v) is 8.50. The molecule has 0 saturated carbocycles. The summed E-state index contributed by atoms with van der Waals surface area (Å²) in [6, 6.07) is 13.7. The summed E-state index contributed by atoms with van der Waals surface area (Å²) in [6.45, 7) is -0.450. The largest absolute Gasteiger partial charge is 0.423 e. The molecular weight excluding hydrogens is 505 g/mol. The maximum Gasteiger partial charge on any atom is 0.423 e. The lowest BCUT2D eigenvalue weighted by molar-refractivity contribution is -0.139. The number of aromatic nitrogens is 2. The van der Waals surface area contributed by atoms with E-state index in [1.54, 1.807) is 30.3 Å². The third-order valence-corrected chi connectivity index (χ3v) is 5.94. The quantitative estimate of drug-likeness (QED) is 0.531. The van der Waals surface area contributed by atoms with Crippen LogP contribution < -0.4 is 11.2 Å². The smallest absolute Gasteiger partial charge is 0.394 e. The highest BCUT2D eigenvalue weighted by molar-refractivity contribution is 6.30. The molecule has 3 atom stereocenters. The van der Waals surface area contributed by atoms with E-state index in [-0.39, 0.29) is 23.2 Å². The van der Waals surface area contributed by atoms with Crippen molar-refractivity contribution in [2.24, 2.45) is 0 Å². The van der Waals surface area contributed by atoms with Crippen molar-refractivity contribution in [3.8, 4) is 0 Å². The van der Waals surface area contributed by atoms with E-state index in [4.69, 9.17) is 21.1 Å². The van der Waals surface area contributed by atoms with Crippen molar-refractivity contribution in [1.82, 2.24) is 9.13 Å². The summed E-state index contributed by atoms with van der Waals surface area (Å²) in [6.07, 6.45) is -8.02. The van der Waals surface area contributed by atoms with Gasteiger partial charge in [0.1, 0.15) is 17.9 Å². The van der Waals surface area contributed by atoms with E-state index < -0.39 is 53.9 Å². The van der Waals surface area contributed by atoms with Crippen LogP contribution in [0.1, 0.15) is 34.1 Å². The van der Waals surface area contributed by atoms with E-state index in [2.05, 4.69) is 0 Å². The van der Waals surface area contributed by atoms with Gasteiger partial charge in [0.2, 0.25) is 0 Å². The number of benzene rings is 2. The van der Waals surface area contributed by atoms with Crippen molar-refractivity contribution < 1.29 is 32.5 Å². The molecular formula is C24H20ClF3N2O6. The molecule has 0 bridgehead atoms. The highest BCUT2D eigenvalue weighted by Gasteiger charge is 2.41. The first-order valence-corrected chi connectivity index (χ1v) is 11.2. The predicted molar refractivity (Wildman–Crippen MR) is 122 cm³/mol. The van der Waals surface area contributed by atoms with Crippen molar-refractivity contribution in [2.75, 3.05) is 6.61 Å². The summed E-state index contributed by atoms with van der Waals surface area (Å²) in [5.74, 6) is -1.21. The number of rotatable bonds is 6. The first-order chi connectivity index (χ1) is 17.1. The van der Waals surface area contributed by atoms with E-state index in [1.165, 1.54) is 24.3 Å². The van der Waals surface area contributed by atoms with Gasteiger partial charge in [-0.15, -0.1) is 0 Å². The molecule has 0 unspecified atom stereocenters. The summed E-state index contributed by atoms with van der Waals surface area (Å²) in [5.41, 5.74) is -4.20. The maximum atomic E-state index is 13.7. The Hall–Kier alpha value is -3.25. The molecule has 12 heteroatoms. The van der Waals surface area contributed by atoms with E-state index in [0.29, 0.717) is 15.8 Å². The molecule has 0 amide bonds. The van der Waals surface area contributed by atoms with Gasteiger partial charge in [-0.25, -0.2) is 4.79 Å². The third-order valence-electron chi connectivity index (χ3n) is 5.69. The number of nitrogens with zero attached hydrogens (tertiary/aromatic N) is 2. The zero-order chi connectivity index (χ0) is 26.0. The summed E-state index contributed by atoms with van der Waals surface area (Å²) in [5, 5.41) is 10.2. The molecule has 8 nitrogen and oxygen atoms in total. The normalized spacial score (nSPS) is 20.0. The molecule has 36 heavy (non-hydrogen) atoms. The van der Waals surface area contributed by atoms with Crippen LogP contribution in [-0.4, -0.2) is 39.0 Å². The highest BCUT2D eigenvalue weighted by Crippen LogP contribution is 2.32. The summed E-state index contributed by atoms with van der Waals surface area (Å²) >= 11 is 5.86. The second-order valence-electron chi connectivity index (χ2n) is 8.07. The number of ether oxygens (including phenoxy) is 2. The minimum absolute atomic E-state index is 0.0582. The van der Waals surface area contributed by atoms with Crippen LogP contribution in [0.4, 0.5) is 13.2 Å². The van der Waals surface area contributed by atoms with Crippen molar-refractivity contribution in [3.05, 3.63) is 103 Å². The molecule has 3 aromatic rings. The molecule has 1 fully saturated rings. The van der Waals surface area contributed by atoms with Gasteiger partial charge < -0.3 is 14.6 Å². The Labute approximate surface area is 207 Å². The SMILES string of the molecule is O=C(c1ccccc1)n1c(=O)c(C(F)(F)F)cn([C@H]2C[C@H](OCc3ccc(Cl)cc3)[C@@H](CO)O2)c1=O. The fourth-order valence-corrected chi connectivity index (χ4v) is 3.98. The maximum absolute atomic E-state index is 13.7. The van der Waals surface area contributed by atoms with Gasteiger partial charge in [-0.05, 0) is 29.8 Å². The lowest BCUT2D eigenvalue weighted by atomic mass is 10.1. The summed E-state index contributed by atoms with van der Waals surface area (Å²) in [7, 11) is 0. The van der Waals surface area contributed by atoms with Crippen LogP contribution in [0.25, 0.3) is 0 Å². The predicted octanol–water partition coefficient (Wildman–Crippen LogP) is 3.24. The number of halogens is 4. The van der Waals surface area contributed by atoms with E-state index >= 15 is 0 Å². The number of aliphatic hydroxyl groups excluding tert-OH is 1. The third kappa shape index (κ3) is 5.29. The monoisotopic (exact) mass is 524 g/mol. The summed E-state index contributed by atoms with van der Waals surface area (Å²) in [4.78, 5) is 38.6. The molecule has 0 spiro atoms. The van der Waals surface area contributed by atoms with Gasteiger partial charge in [0.25, 0.3) is 11.5 Å². The standard InChI is InChI=1S/C24H20ClF3N2O6/c25-16-8-6-14(7-9-16)13-35-18-10-20(36-19(18)12-31)29-11-17(24(26,27)28)22(33)30(23(29)34)21(32)15-4-2-1-3-5-15/h1-9,11,18-20,31H,10,12-13H2/t18-,19+,20+/m0/s1.